The predicted molar refractivity (Wildman–Crippen MR) is 128 cm³/mol. The van der Waals surface area contributed by atoms with Gasteiger partial charge in [-0.1, -0.05) is 12.1 Å². The van der Waals surface area contributed by atoms with Crippen molar-refractivity contribution < 1.29 is 19.2 Å². The fourth-order valence-corrected chi connectivity index (χ4v) is 4.70. The van der Waals surface area contributed by atoms with Crippen molar-refractivity contribution in [2.75, 3.05) is 43.4 Å². The minimum atomic E-state index is -0.369. The third-order valence-corrected chi connectivity index (χ3v) is 6.75. The summed E-state index contributed by atoms with van der Waals surface area (Å²) < 4.78 is 4.69. The molecule has 184 valence electrons. The van der Waals surface area contributed by atoms with E-state index in [-0.39, 0.29) is 22.9 Å². The van der Waals surface area contributed by atoms with Crippen molar-refractivity contribution >= 4 is 17.3 Å². The molecule has 0 bridgehead atoms. The van der Waals surface area contributed by atoms with Crippen molar-refractivity contribution in [1.82, 2.24) is 20.0 Å². The first-order chi connectivity index (χ1) is 17.5. The zero-order valence-corrected chi connectivity index (χ0v) is 19.6. The normalized spacial score (nSPS) is 15.4. The highest BCUT2D eigenvalue weighted by molar-refractivity contribution is 6.06. The summed E-state index contributed by atoms with van der Waals surface area (Å²) in [6, 6.07) is 14.5. The molecule has 0 saturated carbocycles. The van der Waals surface area contributed by atoms with Gasteiger partial charge in [-0.05, 0) is 53.1 Å². The topological polar surface area (TPSA) is 133 Å². The Morgan fingerprint density at radius 1 is 0.972 bits per heavy atom. The van der Waals surface area contributed by atoms with Crippen LogP contribution in [-0.2, 0) is 12.8 Å². The monoisotopic (exact) mass is 488 g/mol. The van der Waals surface area contributed by atoms with Crippen LogP contribution in [-0.4, -0.2) is 59.1 Å². The summed E-state index contributed by atoms with van der Waals surface area (Å²) in [6.45, 7) is 3.95. The van der Waals surface area contributed by atoms with Crippen molar-refractivity contribution in [3.8, 4) is 17.1 Å². The van der Waals surface area contributed by atoms with E-state index in [0.717, 1.165) is 36.7 Å². The van der Waals surface area contributed by atoms with Crippen LogP contribution in [0.15, 0.2) is 53.2 Å². The van der Waals surface area contributed by atoms with Gasteiger partial charge in [-0.3, -0.25) is 9.42 Å². The zero-order valence-electron chi connectivity index (χ0n) is 19.6. The van der Waals surface area contributed by atoms with Gasteiger partial charge in [-0.25, -0.2) is 0 Å². The van der Waals surface area contributed by atoms with Crippen molar-refractivity contribution in [1.29, 1.82) is 0 Å². The quantitative estimate of drug-likeness (QED) is 0.331. The minimum absolute atomic E-state index is 0.247. The van der Waals surface area contributed by atoms with Crippen molar-refractivity contribution in [2.45, 2.75) is 12.8 Å². The largest absolute Gasteiger partial charge is 0.692 e. The molecule has 6 rings (SSSR count). The number of anilines is 2. The summed E-state index contributed by atoms with van der Waals surface area (Å²) in [5.41, 5.74) is 3.58. The number of piperazine rings is 1. The molecule has 2 aromatic carbocycles. The van der Waals surface area contributed by atoms with Gasteiger partial charge in [-0.15, -0.1) is 4.85 Å². The highest BCUT2D eigenvalue weighted by Gasteiger charge is 2.39. The van der Waals surface area contributed by atoms with E-state index in [1.807, 2.05) is 24.3 Å². The third kappa shape index (κ3) is 3.71. The van der Waals surface area contributed by atoms with Gasteiger partial charge in [-0.2, -0.15) is 0 Å². The molecule has 0 radical (unpaired) electrons. The van der Waals surface area contributed by atoms with Crippen LogP contribution in [0.3, 0.4) is 0 Å². The van der Waals surface area contributed by atoms with E-state index >= 15 is 0 Å². The molecule has 2 aliphatic rings. The van der Waals surface area contributed by atoms with E-state index < -0.39 is 0 Å². The summed E-state index contributed by atoms with van der Waals surface area (Å²) in [6.07, 6.45) is 0.624. The number of benzene rings is 2. The standard InChI is InChI=1S/C24H24N8O4/c1-28-12-14-29(15-13-28)17-8-6-16(7-9-17)25-24(33)18-4-2-3-5-19(18)30-26-22-20(31(30)34)10-11-21-23(22)27-36-32(21)35/h2-9H,10-15H2,1H3,(H,25,33). The van der Waals surface area contributed by atoms with Crippen LogP contribution < -0.4 is 20.0 Å². The number of nitrogens with zero attached hydrogens (tertiary/aromatic N) is 7. The fraction of sp³-hybridized carbons (Fsp3) is 0.292. The zero-order chi connectivity index (χ0) is 24.8. The molecule has 4 aromatic rings. The van der Waals surface area contributed by atoms with Gasteiger partial charge in [0, 0.05) is 50.4 Å². The Balaban J connectivity index is 1.26. The molecule has 1 amide bonds. The van der Waals surface area contributed by atoms with Crippen LogP contribution in [0.25, 0.3) is 17.1 Å². The first-order valence-corrected chi connectivity index (χ1v) is 11.7. The van der Waals surface area contributed by atoms with Gasteiger partial charge < -0.3 is 25.5 Å². The molecule has 1 aliphatic carbocycles. The lowest BCUT2D eigenvalue weighted by atomic mass is 10.0. The van der Waals surface area contributed by atoms with E-state index in [1.54, 1.807) is 24.3 Å². The lowest BCUT2D eigenvalue weighted by Gasteiger charge is -2.34. The fourth-order valence-electron chi connectivity index (χ4n) is 4.70. The Bertz CT molecular complexity index is 1440. The molecule has 1 N–H and O–H groups in total. The summed E-state index contributed by atoms with van der Waals surface area (Å²) >= 11 is 0. The van der Waals surface area contributed by atoms with Crippen LogP contribution in [0.5, 0.6) is 0 Å². The maximum Gasteiger partial charge on any atom is 0.303 e. The maximum absolute atomic E-state index is 13.2. The van der Waals surface area contributed by atoms with Gasteiger partial charge in [0.2, 0.25) is 5.69 Å². The Labute approximate surface area is 206 Å². The molecule has 1 saturated heterocycles. The molecule has 0 spiro atoms. The Morgan fingerprint density at radius 2 is 1.69 bits per heavy atom. The second-order valence-corrected chi connectivity index (χ2v) is 8.99. The van der Waals surface area contributed by atoms with Crippen LogP contribution in [0, 0.1) is 10.4 Å². The third-order valence-electron chi connectivity index (χ3n) is 6.75. The van der Waals surface area contributed by atoms with Crippen LogP contribution >= 0.6 is 0 Å². The Hall–Kier alpha value is -4.45. The van der Waals surface area contributed by atoms with Crippen molar-refractivity contribution in [3.63, 3.8) is 0 Å². The predicted octanol–water partition coefficient (Wildman–Crippen LogP) is 0.897. The number of para-hydroxylation sites is 1. The molecule has 1 fully saturated rings. The van der Waals surface area contributed by atoms with Gasteiger partial charge in [0.1, 0.15) is 5.69 Å². The number of likely N-dealkylation sites (N-methyl/N-ethyl adjacent to an activating group) is 1. The molecule has 1 aliphatic heterocycles. The number of nitrogens with one attached hydrogen (secondary N) is 1. The lowest BCUT2D eigenvalue weighted by molar-refractivity contribution is -0.808. The first-order valence-electron chi connectivity index (χ1n) is 11.7. The average molecular weight is 489 g/mol. The van der Waals surface area contributed by atoms with E-state index in [2.05, 4.69) is 32.4 Å². The maximum atomic E-state index is 13.2. The molecule has 3 heterocycles. The first kappa shape index (κ1) is 22.0. The van der Waals surface area contributed by atoms with Crippen LogP contribution in [0.2, 0.25) is 0 Å². The smallest absolute Gasteiger partial charge is 0.303 e. The van der Waals surface area contributed by atoms with E-state index in [4.69, 9.17) is 4.63 Å². The number of fused-ring (bicyclic) bond motifs is 3. The minimum Gasteiger partial charge on any atom is -0.692 e. The summed E-state index contributed by atoms with van der Waals surface area (Å²) in [5, 5.41) is 36.0. The molecule has 0 atom stereocenters. The number of hydrogen-bond acceptors (Lipinski definition) is 8. The highest BCUT2D eigenvalue weighted by atomic mass is 16.8. The van der Waals surface area contributed by atoms with Gasteiger partial charge in [0.15, 0.2) is 5.69 Å². The highest BCUT2D eigenvalue weighted by Crippen LogP contribution is 2.28. The van der Waals surface area contributed by atoms with Crippen LogP contribution in [0.4, 0.5) is 11.4 Å². The van der Waals surface area contributed by atoms with Crippen molar-refractivity contribution in [2.24, 2.45) is 0 Å². The number of rotatable bonds is 4. The molecule has 0 unspecified atom stereocenters. The Kier molecular flexibility index (Phi) is 5.29. The summed E-state index contributed by atoms with van der Waals surface area (Å²) in [5.74, 6) is -0.369. The Morgan fingerprint density at radius 3 is 2.47 bits per heavy atom. The van der Waals surface area contributed by atoms with E-state index in [0.29, 0.717) is 45.4 Å². The molecular formula is C24H24N8O4. The number of carbonyl (C=O) groups is 1. The molecule has 12 heteroatoms. The second-order valence-electron chi connectivity index (χ2n) is 8.99. The van der Waals surface area contributed by atoms with Crippen molar-refractivity contribution in [3.05, 3.63) is 75.9 Å². The lowest BCUT2D eigenvalue weighted by Crippen LogP contribution is -2.44. The van der Waals surface area contributed by atoms with E-state index in [1.165, 1.54) is 0 Å². The van der Waals surface area contributed by atoms with Gasteiger partial charge in [0.25, 0.3) is 5.91 Å². The summed E-state index contributed by atoms with van der Waals surface area (Å²) in [4.78, 5) is 20.0. The molecule has 2 aromatic heterocycles. The summed E-state index contributed by atoms with van der Waals surface area (Å²) in [7, 11) is 2.12. The van der Waals surface area contributed by atoms with Crippen LogP contribution in [0.1, 0.15) is 21.7 Å². The number of aromatic nitrogens is 5. The average Bonchev–Trinajstić information content (AvgIpc) is 3.45. The molecule has 12 nitrogen and oxygen atoms in total. The van der Waals surface area contributed by atoms with Gasteiger partial charge >= 0.3 is 11.4 Å². The second kappa shape index (κ2) is 8.64. The van der Waals surface area contributed by atoms with Gasteiger partial charge in [0.05, 0.1) is 15.8 Å². The molecule has 36 heavy (non-hydrogen) atoms. The van der Waals surface area contributed by atoms with E-state index in [9.17, 15) is 15.2 Å². The number of amides is 1. The number of hydrogen-bond donors (Lipinski definition) is 1. The number of carbonyl (C=O) groups excluding carboxylic acids is 1. The molecular weight excluding hydrogens is 464 g/mol. The SMILES string of the molecule is CN1CCN(c2ccc(NC(=O)c3ccccc3-n3nc4c([n+]3[O-])CCc3c-4no[n+]3[O-])cc2)CC1.